The highest BCUT2D eigenvalue weighted by Gasteiger charge is 2.07. The summed E-state index contributed by atoms with van der Waals surface area (Å²) in [6, 6.07) is 3.44. The van der Waals surface area contributed by atoms with Crippen LogP contribution < -0.4 is 10.6 Å². The molecule has 0 aliphatic rings. The molecule has 2 N–H and O–H groups in total. The largest absolute Gasteiger partial charge is 0.373 e. The second-order valence-corrected chi connectivity index (χ2v) is 4.69. The second-order valence-electron chi connectivity index (χ2n) is 3.94. The number of rotatable bonds is 4. The van der Waals surface area contributed by atoms with Gasteiger partial charge in [0.1, 0.15) is 5.82 Å². The maximum Gasteiger partial charge on any atom is 0.251 e. The predicted molar refractivity (Wildman–Crippen MR) is 74.0 cm³/mol. The van der Waals surface area contributed by atoms with Gasteiger partial charge >= 0.3 is 0 Å². The Kier molecular flexibility index (Phi) is 3.94. The van der Waals surface area contributed by atoms with E-state index in [2.05, 4.69) is 26.4 Å². The van der Waals surface area contributed by atoms with Gasteiger partial charge in [-0.15, -0.1) is 0 Å². The molecule has 0 unspecified atom stereocenters. The fourth-order valence-electron chi connectivity index (χ4n) is 1.55. The Morgan fingerprint density at radius 1 is 1.44 bits per heavy atom. The summed E-state index contributed by atoms with van der Waals surface area (Å²) in [6.45, 7) is 2.61. The Morgan fingerprint density at radius 2 is 2.28 bits per heavy atom. The van der Waals surface area contributed by atoms with Crippen LogP contribution in [0.5, 0.6) is 0 Å². The molecular formula is C13H15N3OS. The number of thiophene rings is 1. The molecule has 0 aliphatic carbocycles. The van der Waals surface area contributed by atoms with Crippen molar-refractivity contribution in [3.8, 4) is 0 Å². The molecule has 94 valence electrons. The monoisotopic (exact) mass is 261 g/mol. The third kappa shape index (κ3) is 2.87. The van der Waals surface area contributed by atoms with Crippen molar-refractivity contribution < 1.29 is 4.79 Å². The van der Waals surface area contributed by atoms with E-state index >= 15 is 0 Å². The lowest BCUT2D eigenvalue weighted by Gasteiger charge is -2.06. The van der Waals surface area contributed by atoms with Crippen molar-refractivity contribution in [2.45, 2.75) is 13.5 Å². The fourth-order valence-corrected chi connectivity index (χ4v) is 2.41. The van der Waals surface area contributed by atoms with Crippen LogP contribution in [0.1, 0.15) is 21.5 Å². The highest BCUT2D eigenvalue weighted by Crippen LogP contribution is 2.13. The van der Waals surface area contributed by atoms with Crippen molar-refractivity contribution in [2.24, 2.45) is 0 Å². The molecular weight excluding hydrogens is 246 g/mol. The van der Waals surface area contributed by atoms with E-state index in [1.807, 2.05) is 6.92 Å². The van der Waals surface area contributed by atoms with E-state index < -0.39 is 0 Å². The average Bonchev–Trinajstić information content (AvgIpc) is 2.81. The summed E-state index contributed by atoms with van der Waals surface area (Å²) in [5, 5.41) is 9.95. The van der Waals surface area contributed by atoms with Crippen molar-refractivity contribution in [3.63, 3.8) is 0 Å². The number of aryl methyl sites for hydroxylation is 1. The maximum atomic E-state index is 12.0. The first-order chi connectivity index (χ1) is 8.70. The Hall–Kier alpha value is -1.88. The van der Waals surface area contributed by atoms with Crippen molar-refractivity contribution in [1.29, 1.82) is 0 Å². The zero-order valence-electron chi connectivity index (χ0n) is 10.4. The molecule has 18 heavy (non-hydrogen) atoms. The number of carbonyl (C=O) groups excluding carboxylic acids is 1. The Bertz CT molecular complexity index is 551. The van der Waals surface area contributed by atoms with Gasteiger partial charge in [-0.05, 0) is 40.9 Å². The molecule has 2 aromatic rings. The number of pyridine rings is 1. The number of aromatic nitrogens is 1. The molecule has 0 fully saturated rings. The summed E-state index contributed by atoms with van der Waals surface area (Å²) in [5.41, 5.74) is 2.99. The third-order valence-electron chi connectivity index (χ3n) is 2.68. The van der Waals surface area contributed by atoms with E-state index in [9.17, 15) is 4.79 Å². The summed E-state index contributed by atoms with van der Waals surface area (Å²) < 4.78 is 0. The van der Waals surface area contributed by atoms with Crippen LogP contribution in [0.2, 0.25) is 0 Å². The summed E-state index contributed by atoms with van der Waals surface area (Å²) in [4.78, 5) is 16.0. The lowest BCUT2D eigenvalue weighted by atomic mass is 10.2. The molecule has 0 saturated carbocycles. The number of hydrogen-bond donors (Lipinski definition) is 2. The van der Waals surface area contributed by atoms with E-state index in [-0.39, 0.29) is 5.91 Å². The summed E-state index contributed by atoms with van der Waals surface area (Å²) >= 11 is 1.65. The lowest BCUT2D eigenvalue weighted by Crippen LogP contribution is -2.23. The van der Waals surface area contributed by atoms with Crippen molar-refractivity contribution in [1.82, 2.24) is 10.3 Å². The molecule has 2 rings (SSSR count). The number of amides is 1. The zero-order valence-corrected chi connectivity index (χ0v) is 11.2. The highest BCUT2D eigenvalue weighted by atomic mass is 32.1. The predicted octanol–water partition coefficient (Wildman–Crippen LogP) is 2.42. The number of carbonyl (C=O) groups is 1. The first-order valence-electron chi connectivity index (χ1n) is 5.64. The van der Waals surface area contributed by atoms with Gasteiger partial charge in [0, 0.05) is 25.4 Å². The second kappa shape index (κ2) is 5.64. The first kappa shape index (κ1) is 12.6. The lowest BCUT2D eigenvalue weighted by molar-refractivity contribution is 0.0951. The molecule has 1 amide bonds. The summed E-state index contributed by atoms with van der Waals surface area (Å²) in [5.74, 6) is 0.605. The van der Waals surface area contributed by atoms with Gasteiger partial charge in [-0.2, -0.15) is 11.3 Å². The minimum atomic E-state index is -0.0838. The molecule has 0 radical (unpaired) electrons. The van der Waals surface area contributed by atoms with E-state index in [1.165, 1.54) is 5.56 Å². The third-order valence-corrected chi connectivity index (χ3v) is 3.59. The number of nitrogens with one attached hydrogen (secondary N) is 2. The van der Waals surface area contributed by atoms with E-state index in [4.69, 9.17) is 0 Å². The first-order valence-corrected chi connectivity index (χ1v) is 6.58. The molecule has 0 aliphatic heterocycles. The molecule has 0 spiro atoms. The van der Waals surface area contributed by atoms with Crippen LogP contribution in [-0.2, 0) is 6.54 Å². The summed E-state index contributed by atoms with van der Waals surface area (Å²) in [7, 11) is 1.78. The van der Waals surface area contributed by atoms with Crippen LogP contribution in [0.25, 0.3) is 0 Å². The van der Waals surface area contributed by atoms with Gasteiger partial charge in [0.05, 0.1) is 0 Å². The number of hydrogen-bond acceptors (Lipinski definition) is 4. The Morgan fingerprint density at radius 3 is 2.94 bits per heavy atom. The molecule has 2 heterocycles. The van der Waals surface area contributed by atoms with Gasteiger partial charge in [-0.25, -0.2) is 4.98 Å². The zero-order chi connectivity index (χ0) is 13.0. The molecule has 5 heteroatoms. The van der Waals surface area contributed by atoms with Crippen molar-refractivity contribution in [2.75, 3.05) is 12.4 Å². The molecule has 0 atom stereocenters. The van der Waals surface area contributed by atoms with Crippen LogP contribution in [0, 0.1) is 6.92 Å². The standard InChI is InChI=1S/C13H15N3OS/c1-9-7-18-8-11(9)6-16-13(17)10-3-4-15-12(5-10)14-2/h3-5,7-8H,6H2,1-2H3,(H,14,15)(H,16,17). The average molecular weight is 261 g/mol. The minimum absolute atomic E-state index is 0.0838. The SMILES string of the molecule is CNc1cc(C(=O)NCc2cscc2C)ccn1. The molecule has 4 nitrogen and oxygen atoms in total. The molecule has 0 saturated heterocycles. The van der Waals surface area contributed by atoms with Gasteiger partial charge in [0.2, 0.25) is 0 Å². The van der Waals surface area contributed by atoms with Crippen LogP contribution in [0.3, 0.4) is 0 Å². The van der Waals surface area contributed by atoms with Gasteiger partial charge in [-0.1, -0.05) is 0 Å². The summed E-state index contributed by atoms with van der Waals surface area (Å²) in [6.07, 6.45) is 1.62. The van der Waals surface area contributed by atoms with Gasteiger partial charge in [0.15, 0.2) is 0 Å². The quantitative estimate of drug-likeness (QED) is 0.888. The molecule has 2 aromatic heterocycles. The maximum absolute atomic E-state index is 12.0. The van der Waals surface area contributed by atoms with E-state index in [1.54, 1.807) is 36.7 Å². The molecule has 0 aromatic carbocycles. The minimum Gasteiger partial charge on any atom is -0.373 e. The van der Waals surface area contributed by atoms with Gasteiger partial charge < -0.3 is 10.6 Å². The van der Waals surface area contributed by atoms with Crippen molar-refractivity contribution in [3.05, 3.63) is 45.8 Å². The van der Waals surface area contributed by atoms with Gasteiger partial charge in [-0.3, -0.25) is 4.79 Å². The molecule has 0 bridgehead atoms. The van der Waals surface area contributed by atoms with Crippen LogP contribution >= 0.6 is 11.3 Å². The normalized spacial score (nSPS) is 10.1. The smallest absolute Gasteiger partial charge is 0.251 e. The number of anilines is 1. The Balaban J connectivity index is 2.01. The van der Waals surface area contributed by atoms with Crippen molar-refractivity contribution >= 4 is 23.1 Å². The Labute approximate surface area is 110 Å². The van der Waals surface area contributed by atoms with E-state index in [0.29, 0.717) is 17.9 Å². The van der Waals surface area contributed by atoms with Crippen LogP contribution in [0.4, 0.5) is 5.82 Å². The highest BCUT2D eigenvalue weighted by molar-refractivity contribution is 7.08. The van der Waals surface area contributed by atoms with Crippen LogP contribution in [-0.4, -0.2) is 17.9 Å². The van der Waals surface area contributed by atoms with Crippen LogP contribution in [0.15, 0.2) is 29.1 Å². The topological polar surface area (TPSA) is 54.0 Å². The fraction of sp³-hybridized carbons (Fsp3) is 0.231. The van der Waals surface area contributed by atoms with Gasteiger partial charge in [0.25, 0.3) is 5.91 Å². The number of nitrogens with zero attached hydrogens (tertiary/aromatic N) is 1. The van der Waals surface area contributed by atoms with E-state index in [0.717, 1.165) is 5.56 Å².